The molecule has 9 heteroatoms. The average Bonchev–Trinajstić information content (AvgIpc) is 3.24. The Kier molecular flexibility index (Phi) is 7.34. The molecule has 1 amide bonds. The summed E-state index contributed by atoms with van der Waals surface area (Å²) in [4.78, 5) is 12.4. The predicted molar refractivity (Wildman–Crippen MR) is 129 cm³/mol. The number of hydrogen-bond donors (Lipinski definition) is 2. The van der Waals surface area contributed by atoms with Crippen molar-refractivity contribution in [1.82, 2.24) is 20.1 Å². The van der Waals surface area contributed by atoms with Crippen LogP contribution in [0.2, 0.25) is 0 Å². The van der Waals surface area contributed by atoms with E-state index in [-0.39, 0.29) is 18.1 Å². The lowest BCUT2D eigenvalue weighted by Crippen LogP contribution is -2.24. The number of carbonyl (C=O) groups is 1. The van der Waals surface area contributed by atoms with E-state index in [1.807, 2.05) is 36.4 Å². The SMILES string of the molecule is COc1ccc(-c2n[nH]c(=S)n2CCC(=O)NCc2ccc(Oc3ccc(F)cc3)cc2)cc1. The van der Waals surface area contributed by atoms with Crippen molar-refractivity contribution in [3.05, 3.63) is 88.9 Å². The summed E-state index contributed by atoms with van der Waals surface area (Å²) in [5.41, 5.74) is 1.80. The van der Waals surface area contributed by atoms with Crippen LogP contribution >= 0.6 is 12.2 Å². The average molecular weight is 479 g/mol. The van der Waals surface area contributed by atoms with Gasteiger partial charge in [-0.1, -0.05) is 12.1 Å². The highest BCUT2D eigenvalue weighted by Crippen LogP contribution is 2.22. The van der Waals surface area contributed by atoms with Crippen LogP contribution in [-0.4, -0.2) is 27.8 Å². The fourth-order valence-electron chi connectivity index (χ4n) is 3.30. The number of rotatable bonds is 9. The van der Waals surface area contributed by atoms with E-state index in [1.165, 1.54) is 12.1 Å². The predicted octanol–water partition coefficient (Wildman–Crippen LogP) is 5.25. The van der Waals surface area contributed by atoms with E-state index >= 15 is 0 Å². The van der Waals surface area contributed by atoms with Gasteiger partial charge in [-0.05, 0) is 78.4 Å². The van der Waals surface area contributed by atoms with E-state index in [1.54, 1.807) is 35.9 Å². The monoisotopic (exact) mass is 478 g/mol. The number of carbonyl (C=O) groups excluding carboxylic acids is 1. The molecule has 4 aromatic rings. The maximum absolute atomic E-state index is 13.0. The first-order chi connectivity index (χ1) is 16.5. The number of aromatic amines is 1. The Morgan fingerprint density at radius 3 is 2.26 bits per heavy atom. The van der Waals surface area contributed by atoms with Crippen molar-refractivity contribution < 1.29 is 18.7 Å². The van der Waals surface area contributed by atoms with Crippen LogP contribution < -0.4 is 14.8 Å². The van der Waals surface area contributed by atoms with Gasteiger partial charge in [0, 0.05) is 25.1 Å². The van der Waals surface area contributed by atoms with E-state index < -0.39 is 0 Å². The number of halogens is 1. The first kappa shape index (κ1) is 23.2. The molecule has 3 aromatic carbocycles. The number of nitrogens with one attached hydrogen (secondary N) is 2. The van der Waals surface area contributed by atoms with Gasteiger partial charge in [0.15, 0.2) is 10.6 Å². The Labute approximate surface area is 201 Å². The van der Waals surface area contributed by atoms with Crippen molar-refractivity contribution in [2.75, 3.05) is 7.11 Å². The molecule has 0 aliphatic carbocycles. The summed E-state index contributed by atoms with van der Waals surface area (Å²) in [7, 11) is 1.61. The maximum Gasteiger partial charge on any atom is 0.222 e. The maximum atomic E-state index is 13.0. The number of ether oxygens (including phenoxy) is 2. The minimum absolute atomic E-state index is 0.101. The van der Waals surface area contributed by atoms with Gasteiger partial charge in [-0.2, -0.15) is 5.10 Å². The second-order valence-corrected chi connectivity index (χ2v) is 7.85. The number of methoxy groups -OCH3 is 1. The van der Waals surface area contributed by atoms with Crippen LogP contribution in [0.1, 0.15) is 12.0 Å². The lowest BCUT2D eigenvalue weighted by Gasteiger charge is -2.09. The second-order valence-electron chi connectivity index (χ2n) is 7.46. The Morgan fingerprint density at radius 2 is 1.62 bits per heavy atom. The second kappa shape index (κ2) is 10.8. The van der Waals surface area contributed by atoms with Crippen LogP contribution in [0.4, 0.5) is 4.39 Å². The van der Waals surface area contributed by atoms with Crippen molar-refractivity contribution in [3.63, 3.8) is 0 Å². The third kappa shape index (κ3) is 5.87. The number of aromatic nitrogens is 3. The van der Waals surface area contributed by atoms with Gasteiger partial charge in [0.1, 0.15) is 23.1 Å². The summed E-state index contributed by atoms with van der Waals surface area (Å²) in [5.74, 6) is 2.17. The molecule has 0 saturated heterocycles. The third-order valence-electron chi connectivity index (χ3n) is 5.13. The summed E-state index contributed by atoms with van der Waals surface area (Å²) in [5, 5.41) is 10.0. The molecule has 0 aliphatic heterocycles. The van der Waals surface area contributed by atoms with Crippen molar-refractivity contribution in [1.29, 1.82) is 0 Å². The van der Waals surface area contributed by atoms with Crippen LogP contribution in [0.15, 0.2) is 72.8 Å². The van der Waals surface area contributed by atoms with Gasteiger partial charge >= 0.3 is 0 Å². The normalized spacial score (nSPS) is 10.6. The molecule has 0 fully saturated rings. The smallest absolute Gasteiger partial charge is 0.222 e. The summed E-state index contributed by atoms with van der Waals surface area (Å²) in [6, 6.07) is 20.6. The fourth-order valence-corrected chi connectivity index (χ4v) is 3.53. The molecule has 0 spiro atoms. The fraction of sp³-hybridized carbons (Fsp3) is 0.160. The molecular formula is C25H23FN4O3S. The lowest BCUT2D eigenvalue weighted by atomic mass is 10.2. The Morgan fingerprint density at radius 1 is 1.00 bits per heavy atom. The lowest BCUT2D eigenvalue weighted by molar-refractivity contribution is -0.121. The van der Waals surface area contributed by atoms with Gasteiger partial charge in [-0.3, -0.25) is 14.5 Å². The first-order valence-corrected chi connectivity index (χ1v) is 11.0. The topological polar surface area (TPSA) is 81.2 Å². The standard InChI is InChI=1S/C25H23FN4O3S/c1-32-20-10-4-18(5-11-20)24-28-29-25(34)30(24)15-14-23(31)27-16-17-2-8-21(9-3-17)33-22-12-6-19(26)7-13-22/h2-13H,14-16H2,1H3,(H,27,31)(H,29,34). The molecule has 4 rings (SSSR count). The minimum Gasteiger partial charge on any atom is -0.497 e. The molecule has 174 valence electrons. The molecule has 0 radical (unpaired) electrons. The third-order valence-corrected chi connectivity index (χ3v) is 5.44. The number of nitrogens with zero attached hydrogens (tertiary/aromatic N) is 2. The summed E-state index contributed by atoms with van der Waals surface area (Å²) >= 11 is 5.34. The van der Waals surface area contributed by atoms with Crippen LogP contribution in [0.25, 0.3) is 11.4 Å². The zero-order chi connectivity index (χ0) is 23.9. The van der Waals surface area contributed by atoms with E-state index in [0.717, 1.165) is 16.9 Å². The molecule has 0 saturated carbocycles. The van der Waals surface area contributed by atoms with Gasteiger partial charge in [0.25, 0.3) is 0 Å². The Balaban J connectivity index is 1.29. The molecule has 7 nitrogen and oxygen atoms in total. The summed E-state index contributed by atoms with van der Waals surface area (Å²) < 4.78 is 26.1. The van der Waals surface area contributed by atoms with E-state index in [0.29, 0.717) is 35.2 Å². The molecule has 0 aliphatic rings. The van der Waals surface area contributed by atoms with Crippen LogP contribution in [0.3, 0.4) is 0 Å². The van der Waals surface area contributed by atoms with E-state index in [4.69, 9.17) is 21.7 Å². The van der Waals surface area contributed by atoms with Crippen LogP contribution in [0, 0.1) is 10.6 Å². The zero-order valence-corrected chi connectivity index (χ0v) is 19.3. The van der Waals surface area contributed by atoms with Crippen LogP contribution in [-0.2, 0) is 17.9 Å². The van der Waals surface area contributed by atoms with Crippen molar-refractivity contribution in [2.24, 2.45) is 0 Å². The van der Waals surface area contributed by atoms with E-state index in [2.05, 4.69) is 15.5 Å². The Hall–Kier alpha value is -3.98. The van der Waals surface area contributed by atoms with Crippen molar-refractivity contribution in [2.45, 2.75) is 19.5 Å². The van der Waals surface area contributed by atoms with Gasteiger partial charge in [-0.15, -0.1) is 0 Å². The summed E-state index contributed by atoms with van der Waals surface area (Å²) in [6.07, 6.45) is 0.253. The van der Waals surface area contributed by atoms with Gasteiger partial charge < -0.3 is 14.8 Å². The number of amides is 1. The Bertz CT molecular complexity index is 1300. The van der Waals surface area contributed by atoms with Crippen LogP contribution in [0.5, 0.6) is 17.2 Å². The minimum atomic E-state index is -0.314. The number of hydrogen-bond acceptors (Lipinski definition) is 5. The molecule has 0 atom stereocenters. The number of benzene rings is 3. The molecule has 1 aromatic heterocycles. The van der Waals surface area contributed by atoms with E-state index in [9.17, 15) is 9.18 Å². The molecule has 0 bridgehead atoms. The zero-order valence-electron chi connectivity index (χ0n) is 18.5. The number of H-pyrrole nitrogens is 1. The highest BCUT2D eigenvalue weighted by Gasteiger charge is 2.11. The van der Waals surface area contributed by atoms with Gasteiger partial charge in [0.05, 0.1) is 7.11 Å². The molecular weight excluding hydrogens is 455 g/mol. The molecule has 2 N–H and O–H groups in total. The van der Waals surface area contributed by atoms with Gasteiger partial charge in [0.2, 0.25) is 5.91 Å². The van der Waals surface area contributed by atoms with Crippen molar-refractivity contribution >= 4 is 18.1 Å². The quantitative estimate of drug-likeness (QED) is 0.321. The largest absolute Gasteiger partial charge is 0.497 e. The highest BCUT2D eigenvalue weighted by atomic mass is 32.1. The highest BCUT2D eigenvalue weighted by molar-refractivity contribution is 7.71. The van der Waals surface area contributed by atoms with Gasteiger partial charge in [-0.25, -0.2) is 4.39 Å². The summed E-state index contributed by atoms with van der Waals surface area (Å²) in [6.45, 7) is 0.783. The molecule has 34 heavy (non-hydrogen) atoms. The molecule has 1 heterocycles. The molecule has 0 unspecified atom stereocenters. The van der Waals surface area contributed by atoms with Crippen molar-refractivity contribution in [3.8, 4) is 28.6 Å². The first-order valence-electron chi connectivity index (χ1n) is 10.6.